The molecule has 8 nitrogen and oxygen atoms in total. The van der Waals surface area contributed by atoms with Crippen LogP contribution in [0.1, 0.15) is 23.3 Å². The Balaban J connectivity index is 1.51. The second-order valence-corrected chi connectivity index (χ2v) is 9.95. The van der Waals surface area contributed by atoms with E-state index < -0.39 is 10.0 Å². The molecular weight excluding hydrogens is 398 g/mol. The number of hydrogen-bond donors (Lipinski definition) is 2. The molecular formula is C18H23N5O3S2. The Kier molecular flexibility index (Phi) is 5.61. The van der Waals surface area contributed by atoms with Crippen molar-refractivity contribution in [2.75, 3.05) is 47.9 Å². The summed E-state index contributed by atoms with van der Waals surface area (Å²) in [5, 5.41) is 2.86. The van der Waals surface area contributed by atoms with Crippen LogP contribution in [0.15, 0.2) is 35.5 Å². The van der Waals surface area contributed by atoms with E-state index in [-0.39, 0.29) is 16.5 Å². The Hall–Kier alpha value is -2.04. The fraction of sp³-hybridized carbons (Fsp3) is 0.444. The fourth-order valence-electron chi connectivity index (χ4n) is 3.46. The van der Waals surface area contributed by atoms with E-state index in [1.807, 2.05) is 6.07 Å². The summed E-state index contributed by atoms with van der Waals surface area (Å²) in [7, 11) is -3.58. The van der Waals surface area contributed by atoms with Gasteiger partial charge >= 0.3 is 0 Å². The van der Waals surface area contributed by atoms with Crippen molar-refractivity contribution in [1.29, 1.82) is 0 Å². The van der Waals surface area contributed by atoms with Crippen LogP contribution in [0.2, 0.25) is 0 Å². The van der Waals surface area contributed by atoms with Gasteiger partial charge in [0.2, 0.25) is 10.0 Å². The number of hydrogen-bond acceptors (Lipinski definition) is 6. The number of nitrogens with zero attached hydrogens (tertiary/aromatic N) is 3. The number of nitrogens with one attached hydrogen (secondary N) is 2. The van der Waals surface area contributed by atoms with Crippen LogP contribution in [0.25, 0.3) is 0 Å². The van der Waals surface area contributed by atoms with E-state index in [4.69, 9.17) is 0 Å². The minimum atomic E-state index is -3.58. The number of carbonyl (C=O) groups excluding carboxylic acids is 1. The zero-order valence-corrected chi connectivity index (χ0v) is 17.1. The highest BCUT2D eigenvalue weighted by molar-refractivity contribution is 7.99. The molecule has 2 aromatic heterocycles. The molecule has 0 atom stereocenters. The Bertz CT molecular complexity index is 948. The van der Waals surface area contributed by atoms with Crippen molar-refractivity contribution in [2.45, 2.75) is 17.7 Å². The fourth-order valence-corrected chi connectivity index (χ4v) is 6.03. The second-order valence-electron chi connectivity index (χ2n) is 6.79. The van der Waals surface area contributed by atoms with Gasteiger partial charge in [-0.3, -0.25) is 4.79 Å². The van der Waals surface area contributed by atoms with Crippen LogP contribution in [-0.4, -0.2) is 66.3 Å². The first-order chi connectivity index (χ1) is 13.6. The first-order valence-corrected chi connectivity index (χ1v) is 11.9. The van der Waals surface area contributed by atoms with E-state index in [0.29, 0.717) is 18.8 Å². The summed E-state index contributed by atoms with van der Waals surface area (Å²) in [6.07, 6.45) is 5.31. The van der Waals surface area contributed by atoms with E-state index in [9.17, 15) is 13.2 Å². The van der Waals surface area contributed by atoms with Gasteiger partial charge in [-0.15, -0.1) is 0 Å². The number of rotatable bonds is 5. The third-order valence-corrected chi connectivity index (χ3v) is 7.77. The molecule has 2 aliphatic heterocycles. The first kappa shape index (κ1) is 19.3. The molecule has 2 aromatic rings. The smallest absolute Gasteiger partial charge is 0.272 e. The van der Waals surface area contributed by atoms with Crippen LogP contribution < -0.4 is 10.2 Å². The molecule has 2 saturated heterocycles. The average Bonchev–Trinajstić information content (AvgIpc) is 3.42. The standard InChI is InChI=1S/C18H23N5O3S2/c24-18(21-15-4-3-5-19-17(15)22-6-1-2-7-22)16-12-14(13-20-16)28(25,26)23-8-10-27-11-9-23/h3-5,12-13,20H,1-2,6-11H2,(H,21,24). The number of anilines is 2. The number of aromatic amines is 1. The maximum atomic E-state index is 12.8. The Labute approximate surface area is 168 Å². The van der Waals surface area contributed by atoms with Crippen LogP contribution in [0.4, 0.5) is 11.5 Å². The number of amides is 1. The van der Waals surface area contributed by atoms with Crippen LogP contribution in [0.5, 0.6) is 0 Å². The summed E-state index contributed by atoms with van der Waals surface area (Å²) in [5.41, 5.74) is 0.836. The van der Waals surface area contributed by atoms with Gasteiger partial charge in [0.05, 0.1) is 5.69 Å². The Morgan fingerprint density at radius 1 is 1.18 bits per heavy atom. The quantitative estimate of drug-likeness (QED) is 0.766. The van der Waals surface area contributed by atoms with Crippen molar-refractivity contribution in [2.24, 2.45) is 0 Å². The van der Waals surface area contributed by atoms with Gasteiger partial charge in [0, 0.05) is 50.1 Å². The van der Waals surface area contributed by atoms with Crippen molar-refractivity contribution >= 4 is 39.2 Å². The van der Waals surface area contributed by atoms with Gasteiger partial charge in [-0.1, -0.05) is 0 Å². The molecule has 2 aliphatic rings. The predicted octanol–water partition coefficient (Wildman–Crippen LogP) is 2.00. The minimum absolute atomic E-state index is 0.121. The molecule has 150 valence electrons. The Morgan fingerprint density at radius 2 is 1.93 bits per heavy atom. The van der Waals surface area contributed by atoms with E-state index in [0.717, 1.165) is 43.3 Å². The van der Waals surface area contributed by atoms with E-state index in [2.05, 4.69) is 20.2 Å². The summed E-state index contributed by atoms with van der Waals surface area (Å²) < 4.78 is 27.0. The van der Waals surface area contributed by atoms with Gasteiger partial charge in [0.25, 0.3) is 5.91 Å². The molecule has 0 radical (unpaired) electrons. The number of sulfonamides is 1. The van der Waals surface area contributed by atoms with Crippen LogP contribution in [0.3, 0.4) is 0 Å². The SMILES string of the molecule is O=C(Nc1cccnc1N1CCCC1)c1cc(S(=O)(=O)N2CCSCC2)c[nH]1. The van der Waals surface area contributed by atoms with Crippen molar-refractivity contribution in [3.8, 4) is 0 Å². The van der Waals surface area contributed by atoms with E-state index in [1.165, 1.54) is 16.6 Å². The lowest BCUT2D eigenvalue weighted by Gasteiger charge is -2.24. The van der Waals surface area contributed by atoms with Crippen molar-refractivity contribution in [1.82, 2.24) is 14.3 Å². The number of aromatic nitrogens is 2. The molecule has 2 N–H and O–H groups in total. The van der Waals surface area contributed by atoms with Gasteiger partial charge in [0.1, 0.15) is 10.6 Å². The molecule has 0 spiro atoms. The molecule has 28 heavy (non-hydrogen) atoms. The highest BCUT2D eigenvalue weighted by Crippen LogP contribution is 2.27. The van der Waals surface area contributed by atoms with Gasteiger partial charge in [-0.05, 0) is 31.0 Å². The third kappa shape index (κ3) is 3.89. The molecule has 0 saturated carbocycles. The molecule has 4 rings (SSSR count). The number of pyridine rings is 1. The zero-order chi connectivity index (χ0) is 19.6. The molecule has 0 unspecified atom stereocenters. The lowest BCUT2D eigenvalue weighted by atomic mass is 10.3. The van der Waals surface area contributed by atoms with E-state index >= 15 is 0 Å². The van der Waals surface area contributed by atoms with Crippen LogP contribution in [0, 0.1) is 0 Å². The van der Waals surface area contributed by atoms with Crippen LogP contribution >= 0.6 is 11.8 Å². The largest absolute Gasteiger partial charge is 0.356 e. The maximum absolute atomic E-state index is 12.8. The summed E-state index contributed by atoms with van der Waals surface area (Å²) in [6.45, 7) is 2.82. The minimum Gasteiger partial charge on any atom is -0.356 e. The molecule has 0 aromatic carbocycles. The van der Waals surface area contributed by atoms with Gasteiger partial charge in [-0.2, -0.15) is 16.1 Å². The van der Waals surface area contributed by atoms with E-state index in [1.54, 1.807) is 24.0 Å². The molecule has 10 heteroatoms. The highest BCUT2D eigenvalue weighted by atomic mass is 32.2. The summed E-state index contributed by atoms with van der Waals surface area (Å²) in [4.78, 5) is 22.2. The topological polar surface area (TPSA) is 98.4 Å². The highest BCUT2D eigenvalue weighted by Gasteiger charge is 2.28. The van der Waals surface area contributed by atoms with Crippen molar-refractivity contribution < 1.29 is 13.2 Å². The lowest BCUT2D eigenvalue weighted by molar-refractivity contribution is 0.102. The third-order valence-electron chi connectivity index (χ3n) is 4.95. The monoisotopic (exact) mass is 421 g/mol. The summed E-state index contributed by atoms with van der Waals surface area (Å²) >= 11 is 1.75. The molecule has 4 heterocycles. The van der Waals surface area contributed by atoms with Crippen molar-refractivity contribution in [3.05, 3.63) is 36.3 Å². The van der Waals surface area contributed by atoms with Crippen molar-refractivity contribution in [3.63, 3.8) is 0 Å². The summed E-state index contributed by atoms with van der Waals surface area (Å²) in [6, 6.07) is 4.98. The molecule has 0 bridgehead atoms. The second kappa shape index (κ2) is 8.14. The van der Waals surface area contributed by atoms with Crippen LogP contribution in [-0.2, 0) is 10.0 Å². The normalized spacial score (nSPS) is 18.4. The van der Waals surface area contributed by atoms with Gasteiger partial charge in [-0.25, -0.2) is 13.4 Å². The molecule has 0 aliphatic carbocycles. The summed E-state index contributed by atoms with van der Waals surface area (Å²) in [5.74, 6) is 1.94. The zero-order valence-electron chi connectivity index (χ0n) is 15.4. The van der Waals surface area contributed by atoms with Gasteiger partial charge < -0.3 is 15.2 Å². The van der Waals surface area contributed by atoms with Gasteiger partial charge in [0.15, 0.2) is 5.82 Å². The number of thioether (sulfide) groups is 1. The average molecular weight is 422 g/mol. The maximum Gasteiger partial charge on any atom is 0.272 e. The number of carbonyl (C=O) groups is 1. The first-order valence-electron chi connectivity index (χ1n) is 9.33. The number of H-pyrrole nitrogens is 1. The Morgan fingerprint density at radius 3 is 2.68 bits per heavy atom. The predicted molar refractivity (Wildman–Crippen MR) is 111 cm³/mol. The molecule has 1 amide bonds. The molecule has 2 fully saturated rings. The lowest BCUT2D eigenvalue weighted by Crippen LogP contribution is -2.37.